The van der Waals surface area contributed by atoms with Crippen molar-refractivity contribution in [3.8, 4) is 0 Å². The third-order valence-corrected chi connectivity index (χ3v) is 4.85. The Morgan fingerprint density at radius 3 is 1.83 bits per heavy atom. The number of nitrogens with two attached hydrogens (primary N) is 2. The van der Waals surface area contributed by atoms with Gasteiger partial charge >= 0.3 is 7.82 Å². The second-order valence-electron chi connectivity index (χ2n) is 7.20. The fourth-order valence-electron chi connectivity index (χ4n) is 2.58. The molecule has 0 aromatic carbocycles. The summed E-state index contributed by atoms with van der Waals surface area (Å²) in [4.78, 5) is 16.0. The molecule has 2 atom stereocenters. The first-order valence-corrected chi connectivity index (χ1v) is 12.4. The minimum absolute atomic E-state index is 0.107. The first-order valence-electron chi connectivity index (χ1n) is 10.9. The number of rotatable bonds is 18. The van der Waals surface area contributed by atoms with Gasteiger partial charge in [0.15, 0.2) is 0 Å². The normalized spacial score (nSPS) is 13.9. The molecule has 0 saturated heterocycles. The van der Waals surface area contributed by atoms with Crippen LogP contribution in [0.2, 0.25) is 0 Å². The maximum atomic E-state index is 9.81. The average molecular weight is 441 g/mol. The molecule has 8 N–H and O–H groups in total. The van der Waals surface area contributed by atoms with E-state index in [1.54, 1.807) is 6.08 Å². The van der Waals surface area contributed by atoms with Crippen LogP contribution in [0.5, 0.6) is 0 Å². The predicted octanol–water partition coefficient (Wildman–Crippen LogP) is 2.98. The number of hydrogen-bond donors (Lipinski definition) is 6. The molecule has 0 rings (SSSR count). The van der Waals surface area contributed by atoms with Crippen LogP contribution in [0.25, 0.3) is 0 Å². The molecule has 0 aromatic rings. The quantitative estimate of drug-likeness (QED) is 0.108. The molecule has 0 bridgehead atoms. The molecule has 0 aliphatic carbocycles. The molecule has 0 saturated carbocycles. The zero-order valence-corrected chi connectivity index (χ0v) is 19.0. The van der Waals surface area contributed by atoms with Gasteiger partial charge in [0, 0.05) is 6.54 Å². The Morgan fingerprint density at radius 2 is 1.45 bits per heavy atom. The second kappa shape index (κ2) is 22.4. The largest absolute Gasteiger partial charge is 0.469 e. The molecule has 0 aromatic heterocycles. The van der Waals surface area contributed by atoms with Crippen LogP contribution in [0.3, 0.4) is 0 Å². The molecule has 0 aliphatic rings. The lowest BCUT2D eigenvalue weighted by atomic mass is 10.0. The molecule has 0 amide bonds. The summed E-state index contributed by atoms with van der Waals surface area (Å²) >= 11 is 0. The van der Waals surface area contributed by atoms with Gasteiger partial charge in [-0.3, -0.25) is 4.52 Å². The van der Waals surface area contributed by atoms with Crippen molar-refractivity contribution in [3.63, 3.8) is 0 Å². The van der Waals surface area contributed by atoms with Crippen LogP contribution in [0.4, 0.5) is 0 Å². The predicted molar refractivity (Wildman–Crippen MR) is 118 cm³/mol. The Bertz CT molecular complexity index is 406. The zero-order chi connectivity index (χ0) is 22.4. The third kappa shape index (κ3) is 27.7. The van der Waals surface area contributed by atoms with Crippen LogP contribution in [-0.2, 0) is 9.09 Å². The Labute approximate surface area is 177 Å². The van der Waals surface area contributed by atoms with Crippen molar-refractivity contribution in [1.82, 2.24) is 0 Å². The van der Waals surface area contributed by atoms with E-state index in [0.717, 1.165) is 6.42 Å². The van der Waals surface area contributed by atoms with E-state index in [2.05, 4.69) is 11.4 Å². The Morgan fingerprint density at radius 1 is 0.966 bits per heavy atom. The summed E-state index contributed by atoms with van der Waals surface area (Å²) in [6.07, 6.45) is 18.8. The third-order valence-electron chi connectivity index (χ3n) is 4.33. The van der Waals surface area contributed by atoms with Crippen LogP contribution in [0.1, 0.15) is 84.0 Å². The van der Waals surface area contributed by atoms with Gasteiger partial charge in [-0.05, 0) is 12.8 Å². The fourth-order valence-corrected chi connectivity index (χ4v) is 2.93. The van der Waals surface area contributed by atoms with E-state index < -0.39 is 20.0 Å². The maximum Gasteiger partial charge on any atom is 0.469 e. The number of allylic oxidation sites excluding steroid dienone is 1. The second-order valence-corrected chi connectivity index (χ2v) is 8.44. The average Bonchev–Trinajstić information content (AvgIpc) is 2.69. The first kappa shape index (κ1) is 30.9. The number of hydrogen-bond acceptors (Lipinski definition) is 6. The molecule has 9 heteroatoms. The molecular weight excluding hydrogens is 395 g/mol. The standard InChI is InChI=1S/C18H37NO2.C2H8NO4P/c1-2-3-4-5-6-7-8-9-10-11-12-13-14-15-18(21)17(19)16-20;3-1-2-7-8(4,5)6/h14-15,17-18,20-21H,2-13,16,19H2,1H3;1-3H2,(H2,4,5,6)/b15-14+;. The van der Waals surface area contributed by atoms with Crippen molar-refractivity contribution in [3.05, 3.63) is 12.2 Å². The SMILES string of the molecule is CCCCCCCCCCCCC/C=C/C(O)C(N)CO.NCCOP(=O)(O)O. The summed E-state index contributed by atoms with van der Waals surface area (Å²) in [5.41, 5.74) is 10.4. The molecule has 0 heterocycles. The lowest BCUT2D eigenvalue weighted by Gasteiger charge is -2.11. The molecule has 0 aliphatic heterocycles. The van der Waals surface area contributed by atoms with E-state index in [9.17, 15) is 9.67 Å². The molecule has 2 unspecified atom stereocenters. The number of aliphatic hydroxyl groups excluding tert-OH is 2. The zero-order valence-electron chi connectivity index (χ0n) is 18.1. The number of phosphoric acid groups is 1. The van der Waals surface area contributed by atoms with Gasteiger partial charge in [0.05, 0.1) is 25.4 Å². The highest BCUT2D eigenvalue weighted by Crippen LogP contribution is 2.34. The van der Waals surface area contributed by atoms with Crippen LogP contribution in [-0.4, -0.2) is 51.9 Å². The molecule has 0 spiro atoms. The van der Waals surface area contributed by atoms with Crippen molar-refractivity contribution < 1.29 is 29.1 Å². The molecule has 176 valence electrons. The van der Waals surface area contributed by atoms with Gasteiger partial charge in [-0.25, -0.2) is 4.57 Å². The topological polar surface area (TPSA) is 159 Å². The molecular formula is C20H45N2O6P. The number of phosphoric ester groups is 1. The van der Waals surface area contributed by atoms with Gasteiger partial charge in [-0.15, -0.1) is 0 Å². The van der Waals surface area contributed by atoms with E-state index in [1.165, 1.54) is 70.6 Å². The smallest absolute Gasteiger partial charge is 0.395 e. The fraction of sp³-hybridized carbons (Fsp3) is 0.900. The van der Waals surface area contributed by atoms with Gasteiger partial charge in [0.2, 0.25) is 0 Å². The summed E-state index contributed by atoms with van der Waals surface area (Å²) in [5, 5.41) is 18.3. The highest BCUT2D eigenvalue weighted by molar-refractivity contribution is 7.46. The highest BCUT2D eigenvalue weighted by Gasteiger charge is 2.11. The first-order chi connectivity index (χ1) is 13.8. The van der Waals surface area contributed by atoms with Gasteiger partial charge in [-0.2, -0.15) is 0 Å². The van der Waals surface area contributed by atoms with Gasteiger partial charge in [0.1, 0.15) is 0 Å². The highest BCUT2D eigenvalue weighted by atomic mass is 31.2. The monoisotopic (exact) mass is 440 g/mol. The Kier molecular flexibility index (Phi) is 23.8. The van der Waals surface area contributed by atoms with Crippen LogP contribution in [0, 0.1) is 0 Å². The summed E-state index contributed by atoms with van der Waals surface area (Å²) in [6.45, 7) is 2.09. The maximum absolute atomic E-state index is 9.81. The lowest BCUT2D eigenvalue weighted by molar-refractivity contribution is 0.144. The van der Waals surface area contributed by atoms with Crippen molar-refractivity contribution in [2.24, 2.45) is 11.5 Å². The Hall–Kier alpha value is -0.310. The van der Waals surface area contributed by atoms with E-state index in [4.69, 9.17) is 26.4 Å². The Balaban J connectivity index is 0. The van der Waals surface area contributed by atoms with Crippen LogP contribution < -0.4 is 11.5 Å². The minimum Gasteiger partial charge on any atom is -0.395 e. The number of aliphatic hydroxyl groups is 2. The van der Waals surface area contributed by atoms with E-state index in [0.29, 0.717) is 0 Å². The molecule has 29 heavy (non-hydrogen) atoms. The van der Waals surface area contributed by atoms with Crippen molar-refractivity contribution in [2.45, 2.75) is 96.1 Å². The molecule has 0 radical (unpaired) electrons. The van der Waals surface area contributed by atoms with Crippen molar-refractivity contribution in [2.75, 3.05) is 19.8 Å². The van der Waals surface area contributed by atoms with Gasteiger partial charge < -0.3 is 31.5 Å². The van der Waals surface area contributed by atoms with E-state index in [-0.39, 0.29) is 19.8 Å². The summed E-state index contributed by atoms with van der Waals surface area (Å²) < 4.78 is 13.7. The summed E-state index contributed by atoms with van der Waals surface area (Å²) in [5.74, 6) is 0. The van der Waals surface area contributed by atoms with E-state index in [1.807, 2.05) is 6.08 Å². The number of unbranched alkanes of at least 4 members (excludes halogenated alkanes) is 11. The molecule has 8 nitrogen and oxygen atoms in total. The van der Waals surface area contributed by atoms with Gasteiger partial charge in [0.25, 0.3) is 0 Å². The summed E-state index contributed by atoms with van der Waals surface area (Å²) in [6, 6.07) is -0.557. The van der Waals surface area contributed by atoms with Gasteiger partial charge in [-0.1, -0.05) is 83.3 Å². The molecule has 0 fully saturated rings. The van der Waals surface area contributed by atoms with E-state index >= 15 is 0 Å². The van der Waals surface area contributed by atoms with Crippen LogP contribution >= 0.6 is 7.82 Å². The van der Waals surface area contributed by atoms with Crippen molar-refractivity contribution >= 4 is 7.82 Å². The van der Waals surface area contributed by atoms with Crippen molar-refractivity contribution in [1.29, 1.82) is 0 Å². The van der Waals surface area contributed by atoms with Crippen LogP contribution in [0.15, 0.2) is 12.2 Å². The lowest BCUT2D eigenvalue weighted by Crippen LogP contribution is -2.36. The minimum atomic E-state index is -4.26. The summed E-state index contributed by atoms with van der Waals surface area (Å²) in [7, 11) is -4.26.